The zero-order valence-corrected chi connectivity index (χ0v) is 17.7. The van der Waals surface area contributed by atoms with Gasteiger partial charge in [-0.1, -0.05) is 36.2 Å². The predicted octanol–water partition coefficient (Wildman–Crippen LogP) is 5.28. The number of hydrogen-bond donors (Lipinski definition) is 1. The minimum Gasteiger partial charge on any atom is -0.493 e. The maximum Gasteiger partial charge on any atom is 0.333 e. The third-order valence-electron chi connectivity index (χ3n) is 4.40. The molecule has 3 rings (SSSR count). The van der Waals surface area contributed by atoms with E-state index < -0.39 is 11.9 Å². The van der Waals surface area contributed by atoms with Crippen LogP contribution in [0.15, 0.2) is 42.1 Å². The molecule has 3 amide bonds. The van der Waals surface area contributed by atoms with Crippen LogP contribution in [0.3, 0.4) is 0 Å². The molecule has 29 heavy (non-hydrogen) atoms. The van der Waals surface area contributed by atoms with Crippen molar-refractivity contribution in [3.05, 3.63) is 57.7 Å². The molecule has 1 saturated heterocycles. The van der Waals surface area contributed by atoms with Gasteiger partial charge < -0.3 is 14.8 Å². The van der Waals surface area contributed by atoms with Crippen molar-refractivity contribution in [1.82, 2.24) is 5.32 Å². The summed E-state index contributed by atoms with van der Waals surface area (Å²) in [4.78, 5) is 26.1. The summed E-state index contributed by atoms with van der Waals surface area (Å²) in [5, 5.41) is 3.35. The lowest BCUT2D eigenvalue weighted by Crippen LogP contribution is -2.30. The van der Waals surface area contributed by atoms with Crippen LogP contribution in [0.25, 0.3) is 6.08 Å². The summed E-state index contributed by atoms with van der Waals surface area (Å²) in [6.07, 6.45) is 2.31. The molecule has 0 bridgehead atoms. The summed E-state index contributed by atoms with van der Waals surface area (Å²) in [7, 11) is 1.51. The van der Waals surface area contributed by atoms with Crippen LogP contribution >= 0.6 is 23.2 Å². The summed E-state index contributed by atoms with van der Waals surface area (Å²) in [6.45, 7) is 3.94. The quantitative estimate of drug-likeness (QED) is 0.496. The number of imide groups is 1. The van der Waals surface area contributed by atoms with Gasteiger partial charge in [0, 0.05) is 5.02 Å². The number of hydrogen-bond acceptors (Lipinski definition) is 4. The van der Waals surface area contributed by atoms with Crippen molar-refractivity contribution in [1.29, 1.82) is 0 Å². The topological polar surface area (TPSA) is 67.9 Å². The Bertz CT molecular complexity index is 991. The number of amides is 3. The Kier molecular flexibility index (Phi) is 6.35. The number of methoxy groups -OCH3 is 1. The average molecular weight is 435 g/mol. The van der Waals surface area contributed by atoms with Crippen molar-refractivity contribution >= 4 is 46.9 Å². The van der Waals surface area contributed by atoms with E-state index in [-0.39, 0.29) is 11.8 Å². The summed E-state index contributed by atoms with van der Waals surface area (Å²) in [5.74, 6) is 0.383. The fraction of sp³-hybridized carbons (Fsp3) is 0.238. The summed E-state index contributed by atoms with van der Waals surface area (Å²) in [6, 6.07) is 9.29. The lowest BCUT2D eigenvalue weighted by Gasteiger charge is -2.17. The predicted molar refractivity (Wildman–Crippen MR) is 114 cm³/mol. The molecule has 0 aliphatic carbocycles. The van der Waals surface area contributed by atoms with Crippen LogP contribution in [0.4, 0.5) is 10.5 Å². The summed E-state index contributed by atoms with van der Waals surface area (Å²) >= 11 is 12.3. The molecular weight excluding hydrogens is 415 g/mol. The molecule has 0 aromatic heterocycles. The van der Waals surface area contributed by atoms with E-state index in [0.717, 1.165) is 11.3 Å². The fourth-order valence-electron chi connectivity index (χ4n) is 2.77. The van der Waals surface area contributed by atoms with E-state index in [1.54, 1.807) is 36.4 Å². The van der Waals surface area contributed by atoms with E-state index in [2.05, 4.69) is 5.32 Å². The Morgan fingerprint density at radius 3 is 2.62 bits per heavy atom. The first kappa shape index (κ1) is 21.0. The maximum atomic E-state index is 12.8. The highest BCUT2D eigenvalue weighted by Gasteiger charge is 2.35. The highest BCUT2D eigenvalue weighted by atomic mass is 35.5. The number of urea groups is 1. The van der Waals surface area contributed by atoms with Gasteiger partial charge in [0.15, 0.2) is 11.5 Å². The third kappa shape index (κ3) is 4.49. The van der Waals surface area contributed by atoms with Gasteiger partial charge in [-0.05, 0) is 55.3 Å². The molecule has 1 N–H and O–H groups in total. The second-order valence-electron chi connectivity index (χ2n) is 6.48. The fourth-order valence-corrected chi connectivity index (χ4v) is 3.22. The molecular formula is C21H20Cl2N2O4. The highest BCUT2D eigenvalue weighted by molar-refractivity contribution is 6.33. The zero-order chi connectivity index (χ0) is 21.1. The second kappa shape index (κ2) is 8.76. The monoisotopic (exact) mass is 434 g/mol. The number of halogens is 2. The number of carbonyl (C=O) groups excluding carboxylic acids is 2. The van der Waals surface area contributed by atoms with Gasteiger partial charge in [-0.2, -0.15) is 0 Å². The van der Waals surface area contributed by atoms with Crippen LogP contribution in [-0.4, -0.2) is 25.2 Å². The van der Waals surface area contributed by atoms with E-state index in [0.29, 0.717) is 32.8 Å². The van der Waals surface area contributed by atoms with Crippen LogP contribution in [0.5, 0.6) is 11.5 Å². The minimum atomic E-state index is -0.557. The standard InChI is InChI=1S/C21H20Cl2N2O4/c1-4-12(2)29-19-16(23)8-13(10-18(19)28-3)9-17-20(26)25(21(27)24-17)15-7-5-6-14(22)11-15/h5-12H,4H2,1-3H3,(H,24,27)/b17-9+/t12-/m1/s1. The Labute approximate surface area is 179 Å². The molecule has 1 aliphatic heterocycles. The molecule has 1 fully saturated rings. The van der Waals surface area contributed by atoms with Gasteiger partial charge in [0.25, 0.3) is 5.91 Å². The molecule has 0 radical (unpaired) electrons. The highest BCUT2D eigenvalue weighted by Crippen LogP contribution is 2.38. The Hall–Kier alpha value is -2.70. The molecule has 6 nitrogen and oxygen atoms in total. The maximum absolute atomic E-state index is 12.8. The van der Waals surface area contributed by atoms with Crippen molar-refractivity contribution < 1.29 is 19.1 Å². The molecule has 1 heterocycles. The number of ether oxygens (including phenoxy) is 2. The largest absolute Gasteiger partial charge is 0.493 e. The van der Waals surface area contributed by atoms with Gasteiger partial charge in [0.1, 0.15) is 5.70 Å². The molecule has 8 heteroatoms. The average Bonchev–Trinajstić information content (AvgIpc) is 2.96. The van der Waals surface area contributed by atoms with E-state index in [9.17, 15) is 9.59 Å². The van der Waals surface area contributed by atoms with Crippen molar-refractivity contribution in [2.24, 2.45) is 0 Å². The van der Waals surface area contributed by atoms with Gasteiger partial charge >= 0.3 is 6.03 Å². The van der Waals surface area contributed by atoms with Crippen molar-refractivity contribution in [3.8, 4) is 11.5 Å². The number of rotatable bonds is 6. The molecule has 0 spiro atoms. The normalized spacial score (nSPS) is 16.2. The lowest BCUT2D eigenvalue weighted by atomic mass is 10.1. The number of nitrogens with zero attached hydrogens (tertiary/aromatic N) is 1. The van der Waals surface area contributed by atoms with Crippen molar-refractivity contribution in [2.75, 3.05) is 12.0 Å². The molecule has 152 valence electrons. The number of carbonyl (C=O) groups is 2. The van der Waals surface area contributed by atoms with Gasteiger partial charge in [-0.25, -0.2) is 9.69 Å². The SMILES string of the molecule is CC[C@@H](C)Oc1c(Cl)cc(/C=C2/NC(=O)N(c3cccc(Cl)c3)C2=O)cc1OC. The van der Waals surface area contributed by atoms with Crippen LogP contribution in [0, 0.1) is 0 Å². The first-order chi connectivity index (χ1) is 13.8. The first-order valence-electron chi connectivity index (χ1n) is 9.01. The van der Waals surface area contributed by atoms with Crippen LogP contribution in [0.1, 0.15) is 25.8 Å². The van der Waals surface area contributed by atoms with Gasteiger partial charge in [-0.15, -0.1) is 0 Å². The van der Waals surface area contributed by atoms with E-state index >= 15 is 0 Å². The van der Waals surface area contributed by atoms with Gasteiger partial charge in [0.05, 0.1) is 23.9 Å². The molecule has 1 aliphatic rings. The van der Waals surface area contributed by atoms with Crippen LogP contribution in [0.2, 0.25) is 10.0 Å². The van der Waals surface area contributed by atoms with E-state index in [4.69, 9.17) is 32.7 Å². The number of benzene rings is 2. The molecule has 0 saturated carbocycles. The first-order valence-corrected chi connectivity index (χ1v) is 9.76. The van der Waals surface area contributed by atoms with Gasteiger partial charge in [-0.3, -0.25) is 4.79 Å². The van der Waals surface area contributed by atoms with Crippen LogP contribution < -0.4 is 19.7 Å². The van der Waals surface area contributed by atoms with E-state index in [1.807, 2.05) is 13.8 Å². The van der Waals surface area contributed by atoms with Crippen molar-refractivity contribution in [2.45, 2.75) is 26.4 Å². The van der Waals surface area contributed by atoms with E-state index in [1.165, 1.54) is 13.2 Å². The Morgan fingerprint density at radius 2 is 1.97 bits per heavy atom. The smallest absolute Gasteiger partial charge is 0.333 e. The lowest BCUT2D eigenvalue weighted by molar-refractivity contribution is -0.113. The molecule has 0 unspecified atom stereocenters. The third-order valence-corrected chi connectivity index (χ3v) is 4.92. The molecule has 2 aromatic carbocycles. The van der Waals surface area contributed by atoms with Crippen LogP contribution in [-0.2, 0) is 4.79 Å². The molecule has 1 atom stereocenters. The molecule has 2 aromatic rings. The van der Waals surface area contributed by atoms with Gasteiger partial charge in [0.2, 0.25) is 0 Å². The second-order valence-corrected chi connectivity index (χ2v) is 7.32. The minimum absolute atomic E-state index is 0.0347. The zero-order valence-electron chi connectivity index (χ0n) is 16.2. The number of anilines is 1. The Morgan fingerprint density at radius 1 is 1.21 bits per heavy atom. The summed E-state index contributed by atoms with van der Waals surface area (Å²) in [5.41, 5.74) is 1.08. The van der Waals surface area contributed by atoms with Crippen molar-refractivity contribution in [3.63, 3.8) is 0 Å². The number of nitrogens with one attached hydrogen (secondary N) is 1. The summed E-state index contributed by atoms with van der Waals surface area (Å²) < 4.78 is 11.2. The Balaban J connectivity index is 1.93.